The van der Waals surface area contributed by atoms with Gasteiger partial charge in [-0.05, 0) is 12.0 Å². The molecule has 3 heteroatoms. The van der Waals surface area contributed by atoms with Gasteiger partial charge in [-0.2, -0.15) is 0 Å². The lowest BCUT2D eigenvalue weighted by Gasteiger charge is -2.07. The number of nitrogens with two attached hydrogens (primary N) is 1. The minimum absolute atomic E-state index is 0.213. The summed E-state index contributed by atoms with van der Waals surface area (Å²) in [5, 5.41) is 8.72. The molecule has 0 saturated carbocycles. The number of carbonyl (C=O) groups excluding carboxylic acids is 1. The van der Waals surface area contributed by atoms with E-state index in [0.717, 1.165) is 6.42 Å². The highest BCUT2D eigenvalue weighted by Crippen LogP contribution is 2.06. The van der Waals surface area contributed by atoms with E-state index >= 15 is 0 Å². The number of Topliss-reactive ketones (excluding diaryl/α,β-unsaturated/α-hetero) is 1. The molecule has 0 heterocycles. The Kier molecular flexibility index (Phi) is 3.80. The van der Waals surface area contributed by atoms with Gasteiger partial charge in [0.25, 0.3) is 0 Å². The Morgan fingerprint density at radius 2 is 2.00 bits per heavy atom. The zero-order valence-corrected chi connectivity index (χ0v) is 8.23. The second-order valence-corrected chi connectivity index (χ2v) is 3.20. The first kappa shape index (κ1) is 10.9. The molecule has 1 unspecified atom stereocenters. The van der Waals surface area contributed by atoms with E-state index in [1.807, 2.05) is 12.1 Å². The van der Waals surface area contributed by atoms with Crippen molar-refractivity contribution in [1.29, 1.82) is 0 Å². The first-order chi connectivity index (χ1) is 6.69. The topological polar surface area (TPSA) is 63.3 Å². The standard InChI is InChI=1S/C11H15NO2/c1-2-8-3-5-9(6-4-8)11(14)10(12)7-13/h3-6,10,13H,2,7,12H2,1H3. The van der Waals surface area contributed by atoms with Crippen LogP contribution in [0.25, 0.3) is 0 Å². The molecule has 1 rings (SSSR count). The zero-order chi connectivity index (χ0) is 10.6. The summed E-state index contributed by atoms with van der Waals surface area (Å²) in [6.45, 7) is 1.74. The third-order valence-electron chi connectivity index (χ3n) is 2.18. The molecule has 0 amide bonds. The van der Waals surface area contributed by atoms with Crippen molar-refractivity contribution in [3.63, 3.8) is 0 Å². The summed E-state index contributed by atoms with van der Waals surface area (Å²) < 4.78 is 0. The highest BCUT2D eigenvalue weighted by Gasteiger charge is 2.13. The first-order valence-corrected chi connectivity index (χ1v) is 4.68. The summed E-state index contributed by atoms with van der Waals surface area (Å²) in [6, 6.07) is 6.49. The number of hydrogen-bond donors (Lipinski definition) is 2. The van der Waals surface area contributed by atoms with Gasteiger partial charge in [-0.3, -0.25) is 4.79 Å². The molecule has 0 fully saturated rings. The maximum absolute atomic E-state index is 11.5. The Bertz CT molecular complexity index is 306. The molecule has 0 aromatic heterocycles. The van der Waals surface area contributed by atoms with Crippen molar-refractivity contribution >= 4 is 5.78 Å². The van der Waals surface area contributed by atoms with Crippen molar-refractivity contribution in [1.82, 2.24) is 0 Å². The molecule has 0 aliphatic heterocycles. The van der Waals surface area contributed by atoms with Gasteiger partial charge in [0.15, 0.2) is 5.78 Å². The quantitative estimate of drug-likeness (QED) is 0.694. The monoisotopic (exact) mass is 193 g/mol. The molecule has 1 aromatic rings. The Hall–Kier alpha value is -1.19. The number of hydrogen-bond acceptors (Lipinski definition) is 3. The predicted molar refractivity (Wildman–Crippen MR) is 55.2 cm³/mol. The molecule has 1 atom stereocenters. The van der Waals surface area contributed by atoms with Crippen LogP contribution < -0.4 is 5.73 Å². The van der Waals surface area contributed by atoms with Gasteiger partial charge in [0, 0.05) is 5.56 Å². The largest absolute Gasteiger partial charge is 0.394 e. The Labute approximate surface area is 83.6 Å². The number of aryl methyl sites for hydroxylation is 1. The second-order valence-electron chi connectivity index (χ2n) is 3.20. The van der Waals surface area contributed by atoms with Crippen molar-refractivity contribution < 1.29 is 9.90 Å². The summed E-state index contributed by atoms with van der Waals surface area (Å²) >= 11 is 0. The number of aliphatic hydroxyl groups excluding tert-OH is 1. The first-order valence-electron chi connectivity index (χ1n) is 4.68. The zero-order valence-electron chi connectivity index (χ0n) is 8.23. The van der Waals surface area contributed by atoms with Gasteiger partial charge >= 0.3 is 0 Å². The molecule has 0 aliphatic carbocycles. The SMILES string of the molecule is CCc1ccc(C(=O)C(N)CO)cc1. The van der Waals surface area contributed by atoms with Gasteiger partial charge in [-0.1, -0.05) is 31.2 Å². The molecular weight excluding hydrogens is 178 g/mol. The maximum atomic E-state index is 11.5. The second kappa shape index (κ2) is 4.88. The van der Waals surface area contributed by atoms with Gasteiger partial charge in [0.1, 0.15) is 0 Å². The number of benzene rings is 1. The van der Waals surface area contributed by atoms with Crippen LogP contribution in [0.4, 0.5) is 0 Å². The number of rotatable bonds is 4. The number of aliphatic hydroxyl groups is 1. The van der Waals surface area contributed by atoms with Crippen molar-refractivity contribution in [2.45, 2.75) is 19.4 Å². The van der Waals surface area contributed by atoms with Gasteiger partial charge in [0.05, 0.1) is 12.6 Å². The summed E-state index contributed by atoms with van der Waals surface area (Å²) in [4.78, 5) is 11.5. The van der Waals surface area contributed by atoms with Gasteiger partial charge in [0.2, 0.25) is 0 Å². The van der Waals surface area contributed by atoms with E-state index in [4.69, 9.17) is 10.8 Å². The lowest BCUT2D eigenvalue weighted by atomic mass is 10.0. The average Bonchev–Trinajstić information content (AvgIpc) is 2.27. The molecule has 3 nitrogen and oxygen atoms in total. The van der Waals surface area contributed by atoms with Crippen LogP contribution in [0.5, 0.6) is 0 Å². The van der Waals surface area contributed by atoms with E-state index in [2.05, 4.69) is 6.92 Å². The minimum atomic E-state index is -0.803. The third-order valence-corrected chi connectivity index (χ3v) is 2.18. The van der Waals surface area contributed by atoms with Crippen LogP contribution >= 0.6 is 0 Å². The molecular formula is C11H15NO2. The van der Waals surface area contributed by atoms with E-state index in [0.29, 0.717) is 5.56 Å². The molecule has 0 saturated heterocycles. The molecule has 14 heavy (non-hydrogen) atoms. The van der Waals surface area contributed by atoms with Crippen molar-refractivity contribution in [2.24, 2.45) is 5.73 Å². The summed E-state index contributed by atoms with van der Waals surface area (Å²) in [5.74, 6) is -0.213. The van der Waals surface area contributed by atoms with Crippen LogP contribution in [0.1, 0.15) is 22.8 Å². The predicted octanol–water partition coefficient (Wildman–Crippen LogP) is 0.751. The van der Waals surface area contributed by atoms with Crippen LogP contribution in [0.3, 0.4) is 0 Å². The summed E-state index contributed by atoms with van der Waals surface area (Å²) in [7, 11) is 0. The minimum Gasteiger partial charge on any atom is -0.394 e. The molecule has 3 N–H and O–H groups in total. The van der Waals surface area contributed by atoms with E-state index in [9.17, 15) is 4.79 Å². The van der Waals surface area contributed by atoms with Crippen molar-refractivity contribution in [3.05, 3.63) is 35.4 Å². The smallest absolute Gasteiger partial charge is 0.181 e. The molecule has 0 radical (unpaired) electrons. The highest BCUT2D eigenvalue weighted by molar-refractivity contribution is 6.00. The number of ketones is 1. The highest BCUT2D eigenvalue weighted by atomic mass is 16.3. The number of carbonyl (C=O) groups is 1. The van der Waals surface area contributed by atoms with E-state index < -0.39 is 6.04 Å². The third kappa shape index (κ3) is 2.40. The molecule has 0 spiro atoms. The van der Waals surface area contributed by atoms with E-state index in [1.165, 1.54) is 5.56 Å². The summed E-state index contributed by atoms with van der Waals surface area (Å²) in [6.07, 6.45) is 0.945. The normalized spacial score (nSPS) is 12.5. The average molecular weight is 193 g/mol. The van der Waals surface area contributed by atoms with Crippen LogP contribution in [-0.4, -0.2) is 23.5 Å². The molecule has 0 bridgehead atoms. The van der Waals surface area contributed by atoms with Crippen LogP contribution in [0.15, 0.2) is 24.3 Å². The van der Waals surface area contributed by atoms with Crippen LogP contribution in [0, 0.1) is 0 Å². The van der Waals surface area contributed by atoms with E-state index in [1.54, 1.807) is 12.1 Å². The Morgan fingerprint density at radius 3 is 2.43 bits per heavy atom. The van der Waals surface area contributed by atoms with Crippen LogP contribution in [0.2, 0.25) is 0 Å². The fourth-order valence-corrected chi connectivity index (χ4v) is 1.20. The molecule has 0 aliphatic rings. The van der Waals surface area contributed by atoms with E-state index in [-0.39, 0.29) is 12.4 Å². The summed E-state index contributed by atoms with van der Waals surface area (Å²) in [5.41, 5.74) is 7.16. The van der Waals surface area contributed by atoms with Crippen molar-refractivity contribution in [3.8, 4) is 0 Å². The van der Waals surface area contributed by atoms with Gasteiger partial charge in [-0.15, -0.1) is 0 Å². The fraction of sp³-hybridized carbons (Fsp3) is 0.364. The lowest BCUT2D eigenvalue weighted by Crippen LogP contribution is -2.33. The van der Waals surface area contributed by atoms with Gasteiger partial charge in [-0.25, -0.2) is 0 Å². The molecule has 76 valence electrons. The fourth-order valence-electron chi connectivity index (χ4n) is 1.20. The Morgan fingerprint density at radius 1 is 1.43 bits per heavy atom. The van der Waals surface area contributed by atoms with Gasteiger partial charge < -0.3 is 10.8 Å². The van der Waals surface area contributed by atoms with Crippen LogP contribution in [-0.2, 0) is 6.42 Å². The Balaban J connectivity index is 2.81. The lowest BCUT2D eigenvalue weighted by molar-refractivity contribution is 0.0925. The molecule has 1 aromatic carbocycles. The van der Waals surface area contributed by atoms with Crippen molar-refractivity contribution in [2.75, 3.05) is 6.61 Å². The maximum Gasteiger partial charge on any atom is 0.181 e.